The first-order chi connectivity index (χ1) is 19.5. The maximum Gasteiger partial charge on any atom is -1.00 e. The zero-order valence-electron chi connectivity index (χ0n) is 26.6. The molecule has 0 aliphatic heterocycles. The Morgan fingerprint density at radius 3 is 1.16 bits per heavy atom. The largest absolute Gasteiger partial charge is 1.00 e. The number of benzene rings is 3. The van der Waals surface area contributed by atoms with Crippen molar-refractivity contribution in [1.82, 2.24) is 0 Å². The molecular weight excluding hydrogens is 639 g/mol. The van der Waals surface area contributed by atoms with Crippen LogP contribution in [0.2, 0.25) is 3.34 Å². The first kappa shape index (κ1) is 40.0. The van der Waals surface area contributed by atoms with E-state index in [1.54, 1.807) is 0 Å². The third-order valence-electron chi connectivity index (χ3n) is 8.75. The van der Waals surface area contributed by atoms with E-state index in [0.29, 0.717) is 0 Å². The van der Waals surface area contributed by atoms with Crippen molar-refractivity contribution in [3.8, 4) is 0 Å². The summed E-state index contributed by atoms with van der Waals surface area (Å²) in [6.07, 6.45) is 21.0. The molecule has 0 amide bonds. The van der Waals surface area contributed by atoms with Gasteiger partial charge in [0.05, 0.1) is 0 Å². The van der Waals surface area contributed by atoms with E-state index in [2.05, 4.69) is 139 Å². The van der Waals surface area contributed by atoms with Crippen LogP contribution in [0, 0.1) is 0 Å². The van der Waals surface area contributed by atoms with Crippen LogP contribution in [0.5, 0.6) is 0 Å². The van der Waals surface area contributed by atoms with E-state index in [9.17, 15) is 0 Å². The van der Waals surface area contributed by atoms with Gasteiger partial charge >= 0.3 is 259 Å². The number of hydrogen-bond donors (Lipinski definition) is 0. The molecule has 1 aliphatic carbocycles. The van der Waals surface area contributed by atoms with E-state index in [1.165, 1.54) is 102 Å². The van der Waals surface area contributed by atoms with E-state index in [0.717, 1.165) is 6.42 Å². The topological polar surface area (TPSA) is 0 Å². The fraction of sp³-hybridized carbons (Fsp3) is 0.421. The van der Waals surface area contributed by atoms with Crippen LogP contribution in [-0.2, 0) is 39.7 Å². The molecule has 0 spiro atoms. The fourth-order valence-corrected chi connectivity index (χ4v) is 14.0. The monoisotopic (exact) mass is 686 g/mol. The van der Waals surface area contributed by atoms with Crippen LogP contribution in [0.1, 0.15) is 95.8 Å². The number of unbranched alkanes of at least 4 members (excludes halogenated alkanes) is 3. The van der Waals surface area contributed by atoms with E-state index in [1.807, 2.05) is 0 Å². The predicted molar refractivity (Wildman–Crippen MR) is 175 cm³/mol. The van der Waals surface area contributed by atoms with E-state index in [-0.39, 0.29) is 40.6 Å². The number of allylic oxidation sites excluding steroid dienone is 4. The Hall–Kier alpha value is -1.06. The minimum Gasteiger partial charge on any atom is -1.00 e. The third-order valence-corrected chi connectivity index (χ3v) is 16.1. The quantitative estimate of drug-likeness (QED) is 0.153. The summed E-state index contributed by atoms with van der Waals surface area (Å²) in [5.41, 5.74) is 5.90. The summed E-state index contributed by atoms with van der Waals surface area (Å²) in [6, 6.07) is 29.6. The molecule has 0 N–H and O–H groups in total. The van der Waals surface area contributed by atoms with Gasteiger partial charge in [-0.1, -0.05) is 0 Å². The van der Waals surface area contributed by atoms with Crippen molar-refractivity contribution in [3.05, 3.63) is 113 Å². The molecule has 1 atom stereocenters. The van der Waals surface area contributed by atoms with E-state index >= 15 is 0 Å². The molecule has 0 radical (unpaired) electrons. The molecule has 0 nitrogen and oxygen atoms in total. The maximum atomic E-state index is 2.64. The molecule has 230 valence electrons. The van der Waals surface area contributed by atoms with Gasteiger partial charge in [0.2, 0.25) is 0 Å². The molecular formula is C38H49Cl3SiTi. The third kappa shape index (κ3) is 9.25. The molecule has 0 heterocycles. The van der Waals surface area contributed by atoms with E-state index in [4.69, 9.17) is 0 Å². The molecule has 1 unspecified atom stereocenters. The summed E-state index contributed by atoms with van der Waals surface area (Å²) in [5, 5.41) is 4.57. The SMILES string of the molecule is CCCCc1ccc([Si](c2ccc(CCCC)cc2)(c2ccc(CCCC)cc2)[C]2([Ti+3])C=CC(CCC)=C2)cc1.[Cl-].[Cl-].[Cl-]. The van der Waals surface area contributed by atoms with Crippen molar-refractivity contribution in [2.24, 2.45) is 0 Å². The predicted octanol–water partition coefficient (Wildman–Crippen LogP) is -0.262. The average molecular weight is 688 g/mol. The Morgan fingerprint density at radius 1 is 0.512 bits per heavy atom. The smallest absolute Gasteiger partial charge is 1.00 e. The standard InChI is InChI=1S/C38H49Si.3ClH.Ti/c1-5-9-13-31-16-23-35(24-17-31)39(38-29-22-34(30-38)12-8-4,36-25-18-32(19-26-36)14-10-6-2)37-27-20-33(21-28-37)15-11-7-3;;;;/h16-30H,5-15H2,1-4H3;3*1H;/q;;;;+3/p-3. The van der Waals surface area contributed by atoms with Gasteiger partial charge in [-0.15, -0.1) is 0 Å². The Morgan fingerprint density at radius 2 is 0.860 bits per heavy atom. The van der Waals surface area contributed by atoms with Crippen LogP contribution in [0.3, 0.4) is 0 Å². The zero-order chi connectivity index (χ0) is 28.4. The molecule has 4 rings (SSSR count). The summed E-state index contributed by atoms with van der Waals surface area (Å²) < 4.78 is -0.0433. The van der Waals surface area contributed by atoms with Crippen molar-refractivity contribution in [1.29, 1.82) is 0 Å². The molecule has 0 saturated heterocycles. The maximum absolute atomic E-state index is 2.64. The fourth-order valence-electron chi connectivity index (χ4n) is 6.43. The molecule has 5 heteroatoms. The van der Waals surface area contributed by atoms with Gasteiger partial charge in [-0.3, -0.25) is 0 Å². The van der Waals surface area contributed by atoms with Gasteiger partial charge in [-0.2, -0.15) is 0 Å². The zero-order valence-corrected chi connectivity index (χ0v) is 31.4. The molecule has 0 fully saturated rings. The first-order valence-electron chi connectivity index (χ1n) is 15.9. The number of halogens is 3. The van der Waals surface area contributed by atoms with Crippen molar-refractivity contribution < 1.29 is 57.7 Å². The Kier molecular flexibility index (Phi) is 18.1. The second kappa shape index (κ2) is 19.5. The second-order valence-electron chi connectivity index (χ2n) is 11.8. The minimum atomic E-state index is -2.51. The molecule has 3 aromatic carbocycles. The van der Waals surface area contributed by atoms with Crippen LogP contribution < -0.4 is 52.8 Å². The summed E-state index contributed by atoms with van der Waals surface area (Å²) in [4.78, 5) is 0. The van der Waals surface area contributed by atoms with Crippen LogP contribution in [-0.4, -0.2) is 8.07 Å². The van der Waals surface area contributed by atoms with Gasteiger partial charge in [-0.25, -0.2) is 0 Å². The van der Waals surface area contributed by atoms with Gasteiger partial charge in [0.1, 0.15) is 0 Å². The van der Waals surface area contributed by atoms with Crippen molar-refractivity contribution >= 4 is 23.6 Å². The summed E-state index contributed by atoms with van der Waals surface area (Å²) in [5.74, 6) is 0. The first-order valence-corrected chi connectivity index (χ1v) is 18.7. The van der Waals surface area contributed by atoms with Crippen LogP contribution >= 0.6 is 0 Å². The van der Waals surface area contributed by atoms with Crippen molar-refractivity contribution in [2.45, 2.75) is 102 Å². The number of hydrogen-bond acceptors (Lipinski definition) is 0. The van der Waals surface area contributed by atoms with Crippen LogP contribution in [0.4, 0.5) is 0 Å². The Labute approximate surface area is 294 Å². The summed E-state index contributed by atoms with van der Waals surface area (Å²) in [6.45, 7) is 9.16. The minimum absolute atomic E-state index is 0. The number of aryl methyl sites for hydroxylation is 3. The van der Waals surface area contributed by atoms with E-state index < -0.39 is 8.07 Å². The van der Waals surface area contributed by atoms with Crippen LogP contribution in [0.15, 0.2) is 96.6 Å². The molecule has 1 aliphatic rings. The second-order valence-corrected chi connectivity index (χ2v) is 18.0. The van der Waals surface area contributed by atoms with Gasteiger partial charge in [-0.05, 0) is 0 Å². The normalized spacial score (nSPS) is 15.7. The van der Waals surface area contributed by atoms with Gasteiger partial charge in [0.25, 0.3) is 0 Å². The van der Waals surface area contributed by atoms with Crippen molar-refractivity contribution in [2.75, 3.05) is 0 Å². The Balaban J connectivity index is 0.00000308. The molecule has 0 bridgehead atoms. The Bertz CT molecular complexity index is 1140. The molecule has 43 heavy (non-hydrogen) atoms. The van der Waals surface area contributed by atoms with Gasteiger partial charge in [0.15, 0.2) is 0 Å². The van der Waals surface area contributed by atoms with Crippen LogP contribution in [0.25, 0.3) is 0 Å². The average Bonchev–Trinajstić information content (AvgIpc) is 3.37. The molecule has 0 aromatic heterocycles. The molecule has 0 saturated carbocycles. The summed E-state index contributed by atoms with van der Waals surface area (Å²) in [7, 11) is -2.51. The summed E-state index contributed by atoms with van der Waals surface area (Å²) >= 11 is 2.53. The van der Waals surface area contributed by atoms with Gasteiger partial charge < -0.3 is 37.2 Å². The number of rotatable bonds is 15. The van der Waals surface area contributed by atoms with Gasteiger partial charge in [0, 0.05) is 0 Å². The van der Waals surface area contributed by atoms with Crippen molar-refractivity contribution in [3.63, 3.8) is 0 Å². The molecule has 3 aromatic rings.